The van der Waals surface area contributed by atoms with Gasteiger partial charge in [-0.25, -0.2) is 13.1 Å². The second-order valence-electron chi connectivity index (χ2n) is 5.16. The molecular formula is C11H23ClN2O3S. The van der Waals surface area contributed by atoms with Crippen molar-refractivity contribution in [2.24, 2.45) is 17.6 Å². The lowest BCUT2D eigenvalue weighted by Crippen LogP contribution is -2.42. The highest BCUT2D eigenvalue weighted by Gasteiger charge is 2.31. The van der Waals surface area contributed by atoms with E-state index in [2.05, 4.69) is 4.72 Å². The Morgan fingerprint density at radius 1 is 1.28 bits per heavy atom. The Balaban J connectivity index is 0.00000162. The van der Waals surface area contributed by atoms with Crippen molar-refractivity contribution in [2.45, 2.75) is 31.7 Å². The first-order chi connectivity index (χ1) is 8.11. The molecule has 1 saturated heterocycles. The van der Waals surface area contributed by atoms with E-state index in [4.69, 9.17) is 10.5 Å². The molecule has 2 aliphatic rings. The van der Waals surface area contributed by atoms with E-state index in [1.54, 1.807) is 0 Å². The molecule has 2 fully saturated rings. The van der Waals surface area contributed by atoms with E-state index in [1.807, 2.05) is 0 Å². The minimum atomic E-state index is -3.18. The topological polar surface area (TPSA) is 81.4 Å². The molecular weight excluding hydrogens is 276 g/mol. The normalized spacial score (nSPS) is 32.4. The number of hydrogen-bond donors (Lipinski definition) is 2. The first kappa shape index (κ1) is 16.2. The third-order valence-electron chi connectivity index (χ3n) is 3.77. The van der Waals surface area contributed by atoms with Crippen molar-refractivity contribution in [1.82, 2.24) is 4.72 Å². The minimum absolute atomic E-state index is 0. The SMILES string of the molecule is Cl.NCC1CCCC1NS(=O)(=O)CC1CCOC1. The lowest BCUT2D eigenvalue weighted by molar-refractivity contribution is 0.188. The Morgan fingerprint density at radius 3 is 2.67 bits per heavy atom. The fourth-order valence-corrected chi connectivity index (χ4v) is 4.53. The quantitative estimate of drug-likeness (QED) is 0.774. The second-order valence-corrected chi connectivity index (χ2v) is 6.96. The lowest BCUT2D eigenvalue weighted by atomic mass is 10.1. The van der Waals surface area contributed by atoms with Gasteiger partial charge in [0.05, 0.1) is 12.4 Å². The summed E-state index contributed by atoms with van der Waals surface area (Å²) in [4.78, 5) is 0. The molecule has 0 radical (unpaired) electrons. The van der Waals surface area contributed by atoms with Crippen LogP contribution in [0.3, 0.4) is 0 Å². The Morgan fingerprint density at radius 2 is 2.06 bits per heavy atom. The van der Waals surface area contributed by atoms with Crippen molar-refractivity contribution < 1.29 is 13.2 Å². The van der Waals surface area contributed by atoms with Crippen LogP contribution in [0.5, 0.6) is 0 Å². The van der Waals surface area contributed by atoms with Gasteiger partial charge in [0.2, 0.25) is 10.0 Å². The predicted octanol–water partition coefficient (Wildman–Crippen LogP) is 0.492. The molecule has 0 amide bonds. The summed E-state index contributed by atoms with van der Waals surface area (Å²) in [6.07, 6.45) is 3.88. The Bertz CT molecular complexity index is 344. The van der Waals surface area contributed by atoms with Crippen molar-refractivity contribution >= 4 is 22.4 Å². The minimum Gasteiger partial charge on any atom is -0.381 e. The van der Waals surface area contributed by atoms with Crippen LogP contribution in [0.2, 0.25) is 0 Å². The van der Waals surface area contributed by atoms with Crippen LogP contribution in [0.25, 0.3) is 0 Å². The first-order valence-corrected chi connectivity index (χ1v) is 8.04. The summed E-state index contributed by atoms with van der Waals surface area (Å²) >= 11 is 0. The molecule has 108 valence electrons. The van der Waals surface area contributed by atoms with Gasteiger partial charge < -0.3 is 10.5 Å². The van der Waals surface area contributed by atoms with Gasteiger partial charge in [-0.3, -0.25) is 0 Å². The van der Waals surface area contributed by atoms with Crippen molar-refractivity contribution in [3.8, 4) is 0 Å². The van der Waals surface area contributed by atoms with Crippen molar-refractivity contribution in [1.29, 1.82) is 0 Å². The smallest absolute Gasteiger partial charge is 0.212 e. The zero-order valence-corrected chi connectivity index (χ0v) is 12.1. The molecule has 0 aromatic heterocycles. The fraction of sp³-hybridized carbons (Fsp3) is 1.00. The van der Waals surface area contributed by atoms with Crippen LogP contribution in [0.4, 0.5) is 0 Å². The maximum Gasteiger partial charge on any atom is 0.212 e. The van der Waals surface area contributed by atoms with Crippen LogP contribution in [0.15, 0.2) is 0 Å². The average Bonchev–Trinajstić information content (AvgIpc) is 2.87. The van der Waals surface area contributed by atoms with E-state index in [1.165, 1.54) is 0 Å². The molecule has 1 aliphatic carbocycles. The van der Waals surface area contributed by atoms with Crippen molar-refractivity contribution in [2.75, 3.05) is 25.5 Å². The summed E-state index contributed by atoms with van der Waals surface area (Å²) < 4.78 is 32.0. The second kappa shape index (κ2) is 7.05. The zero-order valence-electron chi connectivity index (χ0n) is 10.5. The van der Waals surface area contributed by atoms with Gasteiger partial charge >= 0.3 is 0 Å². The molecule has 0 aromatic carbocycles. The molecule has 18 heavy (non-hydrogen) atoms. The van der Waals surface area contributed by atoms with Gasteiger partial charge in [0, 0.05) is 12.6 Å². The molecule has 3 unspecified atom stereocenters. The monoisotopic (exact) mass is 298 g/mol. The van der Waals surface area contributed by atoms with Crippen molar-refractivity contribution in [3.05, 3.63) is 0 Å². The van der Waals surface area contributed by atoms with E-state index in [0.29, 0.717) is 25.7 Å². The van der Waals surface area contributed by atoms with Crippen LogP contribution in [-0.2, 0) is 14.8 Å². The van der Waals surface area contributed by atoms with E-state index >= 15 is 0 Å². The molecule has 0 aromatic rings. The van der Waals surface area contributed by atoms with Gasteiger partial charge in [-0.15, -0.1) is 12.4 Å². The number of hydrogen-bond acceptors (Lipinski definition) is 4. The molecule has 1 saturated carbocycles. The largest absolute Gasteiger partial charge is 0.381 e. The van der Waals surface area contributed by atoms with Crippen LogP contribution in [0, 0.1) is 11.8 Å². The highest BCUT2D eigenvalue weighted by Crippen LogP contribution is 2.25. The van der Waals surface area contributed by atoms with Gasteiger partial charge in [0.1, 0.15) is 0 Å². The molecule has 0 bridgehead atoms. The van der Waals surface area contributed by atoms with Crippen LogP contribution < -0.4 is 10.5 Å². The summed E-state index contributed by atoms with van der Waals surface area (Å²) in [7, 11) is -3.18. The maximum absolute atomic E-state index is 12.0. The summed E-state index contributed by atoms with van der Waals surface area (Å²) in [5.41, 5.74) is 5.65. The molecule has 7 heteroatoms. The highest BCUT2D eigenvalue weighted by molar-refractivity contribution is 7.89. The summed E-state index contributed by atoms with van der Waals surface area (Å²) in [6, 6.07) is 0.0484. The lowest BCUT2D eigenvalue weighted by Gasteiger charge is -2.20. The van der Waals surface area contributed by atoms with Gasteiger partial charge in [0.15, 0.2) is 0 Å². The predicted molar refractivity (Wildman–Crippen MR) is 73.3 cm³/mol. The first-order valence-electron chi connectivity index (χ1n) is 6.38. The third-order valence-corrected chi connectivity index (χ3v) is 5.34. The molecule has 0 spiro atoms. The number of nitrogens with one attached hydrogen (secondary N) is 1. The highest BCUT2D eigenvalue weighted by atomic mass is 35.5. The van der Waals surface area contributed by atoms with Gasteiger partial charge in [-0.1, -0.05) is 6.42 Å². The van der Waals surface area contributed by atoms with Gasteiger partial charge in [-0.05, 0) is 37.6 Å². The van der Waals surface area contributed by atoms with E-state index < -0.39 is 10.0 Å². The average molecular weight is 299 g/mol. The standard InChI is InChI=1S/C11H22N2O3S.ClH/c12-6-10-2-1-3-11(10)13-17(14,15)8-9-4-5-16-7-9;/h9-11,13H,1-8,12H2;1H. The van der Waals surface area contributed by atoms with E-state index in [-0.39, 0.29) is 30.1 Å². The van der Waals surface area contributed by atoms with Crippen LogP contribution in [0.1, 0.15) is 25.7 Å². The molecule has 3 N–H and O–H groups in total. The Kier molecular flexibility index (Phi) is 6.34. The number of ether oxygens (including phenoxy) is 1. The van der Waals surface area contributed by atoms with E-state index in [0.717, 1.165) is 25.7 Å². The Hall–Kier alpha value is 0.120. The molecule has 2 rings (SSSR count). The van der Waals surface area contributed by atoms with E-state index in [9.17, 15) is 8.42 Å². The van der Waals surface area contributed by atoms with Gasteiger partial charge in [0.25, 0.3) is 0 Å². The number of rotatable bonds is 5. The van der Waals surface area contributed by atoms with Crippen molar-refractivity contribution in [3.63, 3.8) is 0 Å². The summed E-state index contributed by atoms with van der Waals surface area (Å²) in [6.45, 7) is 1.83. The molecule has 1 heterocycles. The maximum atomic E-state index is 12.0. The number of halogens is 1. The number of sulfonamides is 1. The van der Waals surface area contributed by atoms with Crippen LogP contribution >= 0.6 is 12.4 Å². The summed E-state index contributed by atoms with van der Waals surface area (Å²) in [5, 5.41) is 0. The molecule has 5 nitrogen and oxygen atoms in total. The molecule has 1 aliphatic heterocycles. The number of nitrogens with two attached hydrogens (primary N) is 1. The summed E-state index contributed by atoms with van der Waals surface area (Å²) in [5.74, 6) is 0.663. The van der Waals surface area contributed by atoms with Crippen LogP contribution in [-0.4, -0.2) is 40.0 Å². The zero-order chi connectivity index (χ0) is 12.3. The van der Waals surface area contributed by atoms with Gasteiger partial charge in [-0.2, -0.15) is 0 Å². The molecule has 3 atom stereocenters. The fourth-order valence-electron chi connectivity index (χ4n) is 2.78. The Labute approximate surface area is 115 Å². The third kappa shape index (κ3) is 4.35.